The van der Waals surface area contributed by atoms with Crippen LogP contribution in [0.4, 0.5) is 0 Å². The molecule has 0 N–H and O–H groups in total. The second-order valence-electron chi connectivity index (χ2n) is 6.16. The van der Waals surface area contributed by atoms with Gasteiger partial charge in [-0.05, 0) is 72.4 Å². The topological polar surface area (TPSA) is 17.1 Å². The molecule has 2 aliphatic carbocycles. The molecule has 2 aliphatic rings. The third-order valence-corrected chi connectivity index (χ3v) is 5.29. The Kier molecular flexibility index (Phi) is 4.43. The van der Waals surface area contributed by atoms with Crippen molar-refractivity contribution in [3.8, 4) is 0 Å². The zero-order chi connectivity index (χ0) is 13.8. The van der Waals surface area contributed by atoms with Crippen LogP contribution in [0.3, 0.4) is 0 Å². The Balaban J connectivity index is 0.00000147. The fraction of sp³-hybridized carbons (Fsp3) is 0.444. The van der Waals surface area contributed by atoms with E-state index in [9.17, 15) is 4.79 Å². The average molecular weight is 342 g/mol. The van der Waals surface area contributed by atoms with E-state index in [4.69, 9.17) is 0 Å². The maximum atomic E-state index is 12.1. The molecule has 3 rings (SSSR count). The smallest absolute Gasteiger partial charge is 0.158 e. The zero-order valence-electron chi connectivity index (χ0n) is 12.7. The van der Waals surface area contributed by atoms with Crippen molar-refractivity contribution in [3.05, 3.63) is 46.9 Å². The second kappa shape index (κ2) is 5.50. The van der Waals surface area contributed by atoms with E-state index in [0.717, 1.165) is 24.8 Å². The van der Waals surface area contributed by atoms with Crippen molar-refractivity contribution in [2.75, 3.05) is 0 Å². The van der Waals surface area contributed by atoms with Crippen LogP contribution in [0, 0.1) is 26.2 Å². The Labute approximate surface area is 147 Å². The molecule has 0 heterocycles. The first-order valence-electron chi connectivity index (χ1n) is 7.13. The van der Waals surface area contributed by atoms with Gasteiger partial charge in [0.25, 0.3) is 0 Å². The zero-order valence-corrected chi connectivity index (χ0v) is 15.5. The van der Waals surface area contributed by atoms with Crippen LogP contribution >= 0.6 is 0 Å². The molecule has 103 valence electrons. The SMILES string of the molecule is [CH2-]CC12CCC(=O)C(C)=C1c1ccc(C)c(C)c1C2.[Y]. The second-order valence-corrected chi connectivity index (χ2v) is 6.16. The van der Waals surface area contributed by atoms with E-state index < -0.39 is 0 Å². The molecule has 0 aliphatic heterocycles. The summed E-state index contributed by atoms with van der Waals surface area (Å²) < 4.78 is 0. The summed E-state index contributed by atoms with van der Waals surface area (Å²) in [6, 6.07) is 4.40. The van der Waals surface area contributed by atoms with E-state index in [1.165, 1.54) is 27.8 Å². The van der Waals surface area contributed by atoms with Crippen LogP contribution in [-0.4, -0.2) is 5.78 Å². The van der Waals surface area contributed by atoms with Crippen LogP contribution in [0.5, 0.6) is 0 Å². The molecule has 2 heteroatoms. The first-order chi connectivity index (χ1) is 9.00. The van der Waals surface area contributed by atoms with Crippen molar-refractivity contribution >= 4 is 11.4 Å². The Bertz CT molecular complexity index is 612. The van der Waals surface area contributed by atoms with Gasteiger partial charge in [-0.25, -0.2) is 0 Å². The number of carbonyl (C=O) groups excluding carboxylic acids is 1. The summed E-state index contributed by atoms with van der Waals surface area (Å²) in [5.41, 5.74) is 7.92. The molecule has 1 unspecified atom stereocenters. The van der Waals surface area contributed by atoms with Crippen LogP contribution in [0.2, 0.25) is 0 Å². The Morgan fingerprint density at radius 1 is 1.25 bits per heavy atom. The van der Waals surface area contributed by atoms with Gasteiger partial charge in [0.2, 0.25) is 0 Å². The van der Waals surface area contributed by atoms with Crippen LogP contribution in [0.25, 0.3) is 5.57 Å². The summed E-state index contributed by atoms with van der Waals surface area (Å²) in [6.07, 6.45) is 3.62. The monoisotopic (exact) mass is 342 g/mol. The third kappa shape index (κ3) is 2.09. The fourth-order valence-corrected chi connectivity index (χ4v) is 3.88. The van der Waals surface area contributed by atoms with Crippen molar-refractivity contribution in [1.82, 2.24) is 0 Å². The van der Waals surface area contributed by atoms with Crippen molar-refractivity contribution in [2.24, 2.45) is 5.41 Å². The summed E-state index contributed by atoms with van der Waals surface area (Å²) >= 11 is 0. The standard InChI is InChI=1S/C18H21O.Y/c1-5-18-9-8-16(19)13(4)17(18)14-7-6-11(2)12(3)15(14)10-18;/h6-7H,1,5,8-10H2,2-4H3;/q-1;. The van der Waals surface area contributed by atoms with Crippen LogP contribution < -0.4 is 0 Å². The van der Waals surface area contributed by atoms with Gasteiger partial charge in [0, 0.05) is 39.1 Å². The maximum Gasteiger partial charge on any atom is 0.158 e. The van der Waals surface area contributed by atoms with E-state index >= 15 is 0 Å². The van der Waals surface area contributed by atoms with Gasteiger partial charge in [0.1, 0.15) is 0 Å². The largest absolute Gasteiger partial charge is 0.342 e. The number of allylic oxidation sites excluding steroid dienone is 2. The number of ketones is 1. The first kappa shape index (κ1) is 16.1. The number of benzene rings is 1. The molecular weight excluding hydrogens is 321 g/mol. The van der Waals surface area contributed by atoms with Gasteiger partial charge in [-0.3, -0.25) is 4.79 Å². The molecule has 0 amide bonds. The summed E-state index contributed by atoms with van der Waals surface area (Å²) in [4.78, 5) is 12.1. The number of carbonyl (C=O) groups is 1. The van der Waals surface area contributed by atoms with Gasteiger partial charge in [-0.15, -0.1) is 0 Å². The number of hydrogen-bond acceptors (Lipinski definition) is 1. The minimum absolute atomic E-state index is 0. The van der Waals surface area contributed by atoms with Gasteiger partial charge >= 0.3 is 0 Å². The van der Waals surface area contributed by atoms with E-state index in [1.807, 2.05) is 6.92 Å². The summed E-state index contributed by atoms with van der Waals surface area (Å²) in [7, 11) is 0. The minimum atomic E-state index is 0. The molecule has 1 atom stereocenters. The third-order valence-electron chi connectivity index (χ3n) is 5.29. The Morgan fingerprint density at radius 2 is 1.95 bits per heavy atom. The van der Waals surface area contributed by atoms with Gasteiger partial charge in [-0.1, -0.05) is 12.1 Å². The molecule has 0 spiro atoms. The van der Waals surface area contributed by atoms with Gasteiger partial charge in [0.05, 0.1) is 0 Å². The molecule has 1 radical (unpaired) electrons. The predicted octanol–water partition coefficient (Wildman–Crippen LogP) is 4.20. The van der Waals surface area contributed by atoms with E-state index in [1.54, 1.807) is 0 Å². The molecule has 0 bridgehead atoms. The van der Waals surface area contributed by atoms with Crippen molar-refractivity contribution in [2.45, 2.75) is 46.5 Å². The van der Waals surface area contributed by atoms with Crippen molar-refractivity contribution < 1.29 is 37.5 Å². The molecule has 1 aromatic rings. The number of rotatable bonds is 1. The molecule has 0 aromatic heterocycles. The van der Waals surface area contributed by atoms with Crippen molar-refractivity contribution in [3.63, 3.8) is 0 Å². The predicted molar refractivity (Wildman–Crippen MR) is 78.9 cm³/mol. The van der Waals surface area contributed by atoms with Crippen molar-refractivity contribution in [1.29, 1.82) is 0 Å². The normalized spacial score (nSPS) is 24.3. The van der Waals surface area contributed by atoms with Gasteiger partial charge < -0.3 is 6.92 Å². The first-order valence-corrected chi connectivity index (χ1v) is 7.13. The van der Waals surface area contributed by atoms with E-state index in [-0.39, 0.29) is 38.1 Å². The minimum Gasteiger partial charge on any atom is -0.342 e. The molecule has 0 saturated heterocycles. The molecular formula is C18H21OY-. The number of hydrogen-bond donors (Lipinski definition) is 0. The number of fused-ring (bicyclic) bond motifs is 3. The molecule has 1 aromatic carbocycles. The molecule has 0 saturated carbocycles. The average Bonchev–Trinajstić information content (AvgIpc) is 2.75. The number of Topliss-reactive ketones (excluding diaryl/α,β-unsaturated/α-hetero) is 1. The molecule has 0 fully saturated rings. The van der Waals surface area contributed by atoms with Crippen LogP contribution in [0.1, 0.15) is 48.4 Å². The van der Waals surface area contributed by atoms with Gasteiger partial charge in [0.15, 0.2) is 5.78 Å². The van der Waals surface area contributed by atoms with Crippen LogP contribution in [0.15, 0.2) is 17.7 Å². The van der Waals surface area contributed by atoms with Gasteiger partial charge in [-0.2, -0.15) is 6.42 Å². The summed E-state index contributed by atoms with van der Waals surface area (Å²) in [5.74, 6) is 0.324. The fourth-order valence-electron chi connectivity index (χ4n) is 3.88. The number of aryl methyl sites for hydroxylation is 1. The molecule has 1 nitrogen and oxygen atoms in total. The summed E-state index contributed by atoms with van der Waals surface area (Å²) in [6.45, 7) is 10.6. The Hall–Kier alpha value is -0.266. The Morgan fingerprint density at radius 3 is 2.60 bits per heavy atom. The van der Waals surface area contributed by atoms with E-state index in [2.05, 4.69) is 32.9 Å². The quantitative estimate of drug-likeness (QED) is 0.699. The van der Waals surface area contributed by atoms with E-state index in [0.29, 0.717) is 12.2 Å². The molecule has 20 heavy (non-hydrogen) atoms. The summed E-state index contributed by atoms with van der Waals surface area (Å²) in [5, 5.41) is 0. The maximum absolute atomic E-state index is 12.1. The van der Waals surface area contributed by atoms with Crippen LogP contribution in [-0.2, 0) is 43.9 Å².